The monoisotopic (exact) mass is 299 g/mol. The molecule has 2 saturated heterocycles. The number of rotatable bonds is 3. The van der Waals surface area contributed by atoms with Crippen molar-refractivity contribution in [3.63, 3.8) is 0 Å². The standard InChI is InChI=1S/C19H25NO2/c1-4-9-22-17-13-10-16-19(3)14(17)7-5-6-8-15(19)18(21)20(16)11-12(13)2/h4-5,7,12-13,15-16H,1,6,8-11H2,2-3H3/t12-,13?,15-,16?,19-/m1/s1. The van der Waals surface area contributed by atoms with Crippen molar-refractivity contribution in [3.8, 4) is 0 Å². The predicted molar refractivity (Wildman–Crippen MR) is 85.9 cm³/mol. The summed E-state index contributed by atoms with van der Waals surface area (Å²) in [6.45, 7) is 9.79. The Morgan fingerprint density at radius 3 is 3.14 bits per heavy atom. The molecule has 2 bridgehead atoms. The molecule has 4 rings (SSSR count). The summed E-state index contributed by atoms with van der Waals surface area (Å²) in [7, 11) is 0. The molecule has 0 aromatic rings. The third kappa shape index (κ3) is 1.60. The fraction of sp³-hybridized carbons (Fsp3) is 0.632. The third-order valence-electron chi connectivity index (χ3n) is 6.47. The van der Waals surface area contributed by atoms with Gasteiger partial charge in [-0.25, -0.2) is 0 Å². The first kappa shape index (κ1) is 14.1. The highest BCUT2D eigenvalue weighted by Gasteiger charge is 2.63. The van der Waals surface area contributed by atoms with Crippen LogP contribution < -0.4 is 0 Å². The molecule has 1 amide bonds. The minimum absolute atomic E-state index is 0.0722. The summed E-state index contributed by atoms with van der Waals surface area (Å²) in [4.78, 5) is 15.2. The van der Waals surface area contributed by atoms with E-state index in [0.29, 0.717) is 30.4 Å². The van der Waals surface area contributed by atoms with Crippen LogP contribution in [0.4, 0.5) is 0 Å². The lowest BCUT2D eigenvalue weighted by molar-refractivity contribution is -0.134. The SMILES string of the molecule is C=CCOC1=C2C=CCC[C@@H]3C(=O)N4C[C@@H](C)C1CC4[C@]23C. The Kier molecular flexibility index (Phi) is 3.04. The summed E-state index contributed by atoms with van der Waals surface area (Å²) in [6.07, 6.45) is 9.33. The second-order valence-corrected chi connectivity index (χ2v) is 7.52. The highest BCUT2D eigenvalue weighted by molar-refractivity contribution is 5.85. The summed E-state index contributed by atoms with van der Waals surface area (Å²) in [6, 6.07) is 0.361. The zero-order chi connectivity index (χ0) is 15.5. The lowest BCUT2D eigenvalue weighted by Crippen LogP contribution is -2.53. The number of hydrogen-bond acceptors (Lipinski definition) is 2. The van der Waals surface area contributed by atoms with E-state index in [4.69, 9.17) is 4.74 Å². The first-order chi connectivity index (χ1) is 10.6. The number of hydrogen-bond donors (Lipinski definition) is 0. The van der Waals surface area contributed by atoms with Gasteiger partial charge in [0.2, 0.25) is 5.91 Å². The van der Waals surface area contributed by atoms with Crippen molar-refractivity contribution in [2.45, 2.75) is 39.2 Å². The van der Waals surface area contributed by atoms with Crippen LogP contribution >= 0.6 is 0 Å². The summed E-state index contributed by atoms with van der Waals surface area (Å²) in [5, 5.41) is 0. The lowest BCUT2D eigenvalue weighted by atomic mass is 9.60. The maximum Gasteiger partial charge on any atom is 0.226 e. The van der Waals surface area contributed by atoms with Crippen molar-refractivity contribution < 1.29 is 9.53 Å². The van der Waals surface area contributed by atoms with Crippen LogP contribution in [-0.4, -0.2) is 30.0 Å². The molecule has 0 spiro atoms. The Morgan fingerprint density at radius 2 is 2.36 bits per heavy atom. The van der Waals surface area contributed by atoms with Gasteiger partial charge in [0.15, 0.2) is 0 Å². The van der Waals surface area contributed by atoms with E-state index in [1.165, 1.54) is 5.57 Å². The molecule has 118 valence electrons. The fourth-order valence-electron chi connectivity index (χ4n) is 5.35. The van der Waals surface area contributed by atoms with Crippen molar-refractivity contribution in [2.24, 2.45) is 23.2 Å². The number of carbonyl (C=O) groups excluding carboxylic acids is 1. The number of carbonyl (C=O) groups is 1. The summed E-state index contributed by atoms with van der Waals surface area (Å²) in [5.41, 5.74) is 1.22. The maximum atomic E-state index is 13.0. The Hall–Kier alpha value is -1.51. The number of allylic oxidation sites excluding steroid dienone is 3. The highest BCUT2D eigenvalue weighted by atomic mass is 16.5. The van der Waals surface area contributed by atoms with Crippen LogP contribution in [0.3, 0.4) is 0 Å². The first-order valence-electron chi connectivity index (χ1n) is 8.54. The Morgan fingerprint density at radius 1 is 1.55 bits per heavy atom. The van der Waals surface area contributed by atoms with Gasteiger partial charge in [-0.1, -0.05) is 38.7 Å². The zero-order valence-electron chi connectivity index (χ0n) is 13.5. The van der Waals surface area contributed by atoms with E-state index < -0.39 is 0 Å². The van der Waals surface area contributed by atoms with Gasteiger partial charge in [0.1, 0.15) is 12.4 Å². The molecule has 2 unspecified atom stereocenters. The van der Waals surface area contributed by atoms with Crippen molar-refractivity contribution >= 4 is 5.91 Å². The number of nitrogens with zero attached hydrogens (tertiary/aromatic N) is 1. The van der Waals surface area contributed by atoms with Crippen LogP contribution in [-0.2, 0) is 9.53 Å². The van der Waals surface area contributed by atoms with Crippen molar-refractivity contribution in [1.29, 1.82) is 0 Å². The molecular weight excluding hydrogens is 274 g/mol. The molecule has 4 aliphatic rings. The maximum absolute atomic E-state index is 13.0. The van der Waals surface area contributed by atoms with E-state index in [-0.39, 0.29) is 11.3 Å². The molecule has 2 aliphatic carbocycles. The molecule has 0 radical (unpaired) electrons. The molecule has 2 aliphatic heterocycles. The smallest absolute Gasteiger partial charge is 0.226 e. The van der Waals surface area contributed by atoms with Crippen LogP contribution in [0.15, 0.2) is 36.1 Å². The van der Waals surface area contributed by atoms with E-state index in [0.717, 1.165) is 31.6 Å². The Balaban J connectivity index is 1.92. The second kappa shape index (κ2) is 4.74. The zero-order valence-corrected chi connectivity index (χ0v) is 13.5. The molecule has 5 atom stereocenters. The van der Waals surface area contributed by atoms with E-state index in [2.05, 4.69) is 37.5 Å². The molecule has 0 aromatic heterocycles. The number of ether oxygens (including phenoxy) is 1. The quantitative estimate of drug-likeness (QED) is 0.748. The minimum atomic E-state index is -0.0722. The molecule has 2 heterocycles. The largest absolute Gasteiger partial charge is 0.493 e. The van der Waals surface area contributed by atoms with Gasteiger partial charge >= 0.3 is 0 Å². The van der Waals surface area contributed by atoms with Crippen LogP contribution in [0.1, 0.15) is 33.1 Å². The van der Waals surface area contributed by atoms with Crippen LogP contribution in [0.25, 0.3) is 0 Å². The van der Waals surface area contributed by atoms with Gasteiger partial charge in [-0.15, -0.1) is 0 Å². The Bertz CT molecular complexity index is 590. The van der Waals surface area contributed by atoms with E-state index in [9.17, 15) is 4.79 Å². The normalized spacial score (nSPS) is 42.5. The molecule has 3 heteroatoms. The van der Waals surface area contributed by atoms with Gasteiger partial charge in [-0.2, -0.15) is 0 Å². The van der Waals surface area contributed by atoms with E-state index in [1.807, 2.05) is 6.08 Å². The molecule has 3 nitrogen and oxygen atoms in total. The third-order valence-corrected chi connectivity index (χ3v) is 6.47. The molecule has 0 N–H and O–H groups in total. The van der Waals surface area contributed by atoms with Crippen LogP contribution in [0.2, 0.25) is 0 Å². The van der Waals surface area contributed by atoms with Gasteiger partial charge in [0, 0.05) is 29.8 Å². The second-order valence-electron chi connectivity index (χ2n) is 7.52. The van der Waals surface area contributed by atoms with Gasteiger partial charge < -0.3 is 9.64 Å². The van der Waals surface area contributed by atoms with E-state index >= 15 is 0 Å². The van der Waals surface area contributed by atoms with Gasteiger partial charge in [-0.05, 0) is 30.8 Å². The number of fused-ring (bicyclic) bond motifs is 1. The number of amides is 1. The lowest BCUT2D eigenvalue weighted by Gasteiger charge is -2.50. The topological polar surface area (TPSA) is 29.5 Å². The van der Waals surface area contributed by atoms with Gasteiger partial charge in [0.25, 0.3) is 0 Å². The summed E-state index contributed by atoms with van der Waals surface area (Å²) in [5.74, 6) is 2.55. The summed E-state index contributed by atoms with van der Waals surface area (Å²) >= 11 is 0. The van der Waals surface area contributed by atoms with Crippen LogP contribution in [0.5, 0.6) is 0 Å². The average Bonchev–Trinajstić information content (AvgIpc) is 2.63. The van der Waals surface area contributed by atoms with Crippen molar-refractivity contribution in [2.75, 3.05) is 13.2 Å². The van der Waals surface area contributed by atoms with Gasteiger partial charge in [0.05, 0.1) is 0 Å². The molecule has 0 saturated carbocycles. The highest BCUT2D eigenvalue weighted by Crippen LogP contribution is 2.60. The molecule has 22 heavy (non-hydrogen) atoms. The average molecular weight is 299 g/mol. The van der Waals surface area contributed by atoms with Crippen molar-refractivity contribution in [1.82, 2.24) is 4.90 Å². The minimum Gasteiger partial charge on any atom is -0.493 e. The Labute approximate surface area is 132 Å². The first-order valence-corrected chi connectivity index (χ1v) is 8.54. The predicted octanol–water partition coefficient (Wildman–Crippen LogP) is 3.30. The molecular formula is C19H25NO2. The van der Waals surface area contributed by atoms with Crippen molar-refractivity contribution in [3.05, 3.63) is 36.1 Å². The van der Waals surface area contributed by atoms with Crippen LogP contribution in [0, 0.1) is 23.2 Å². The van der Waals surface area contributed by atoms with E-state index in [1.54, 1.807) is 0 Å². The molecule has 2 fully saturated rings. The summed E-state index contributed by atoms with van der Waals surface area (Å²) < 4.78 is 6.16. The number of piperidine rings is 1. The molecule has 0 aromatic carbocycles. The fourth-order valence-corrected chi connectivity index (χ4v) is 5.35. The van der Waals surface area contributed by atoms with Gasteiger partial charge in [-0.3, -0.25) is 4.79 Å².